The zero-order valence-corrected chi connectivity index (χ0v) is 16.3. The zero-order valence-electron chi connectivity index (χ0n) is 16.3. The molecule has 2 aromatic heterocycles. The Morgan fingerprint density at radius 1 is 1.26 bits per heavy atom. The lowest BCUT2D eigenvalue weighted by Gasteiger charge is -2.21. The van der Waals surface area contributed by atoms with Crippen molar-refractivity contribution in [1.29, 1.82) is 5.26 Å². The van der Waals surface area contributed by atoms with E-state index in [1.54, 1.807) is 6.26 Å². The first-order chi connectivity index (χ1) is 13.1. The first kappa shape index (κ1) is 19.2. The molecule has 0 aliphatic carbocycles. The van der Waals surface area contributed by atoms with Gasteiger partial charge in [0.15, 0.2) is 6.54 Å². The highest BCUT2D eigenvalue weighted by Gasteiger charge is 2.22. The SMILES string of the molecule is Cc1c(C#N)c(NC(=O)C[NH+]2CCCCCCC2)n(Cc2ccco2)c1C. The van der Waals surface area contributed by atoms with E-state index in [0.29, 0.717) is 24.5 Å². The summed E-state index contributed by atoms with van der Waals surface area (Å²) in [5.41, 5.74) is 2.41. The summed E-state index contributed by atoms with van der Waals surface area (Å²) in [5, 5.41) is 12.6. The molecule has 6 heteroatoms. The Morgan fingerprint density at radius 2 is 1.96 bits per heavy atom. The molecule has 1 saturated heterocycles. The topological polar surface area (TPSA) is 75.4 Å². The van der Waals surface area contributed by atoms with Gasteiger partial charge in [0.25, 0.3) is 5.91 Å². The Kier molecular flexibility index (Phi) is 6.36. The molecule has 144 valence electrons. The quantitative estimate of drug-likeness (QED) is 0.850. The molecule has 0 atom stereocenters. The second kappa shape index (κ2) is 8.92. The summed E-state index contributed by atoms with van der Waals surface area (Å²) in [6.07, 6.45) is 7.82. The maximum absolute atomic E-state index is 12.7. The fourth-order valence-corrected chi connectivity index (χ4v) is 3.87. The molecule has 0 saturated carbocycles. The number of rotatable bonds is 5. The van der Waals surface area contributed by atoms with Crippen molar-refractivity contribution in [3.05, 3.63) is 41.0 Å². The van der Waals surface area contributed by atoms with Crippen LogP contribution in [-0.2, 0) is 11.3 Å². The number of hydrogen-bond acceptors (Lipinski definition) is 3. The van der Waals surface area contributed by atoms with Gasteiger partial charge in [-0.25, -0.2) is 0 Å². The van der Waals surface area contributed by atoms with Crippen LogP contribution >= 0.6 is 0 Å². The second-order valence-electron chi connectivity index (χ2n) is 7.45. The van der Waals surface area contributed by atoms with Gasteiger partial charge in [-0.1, -0.05) is 6.42 Å². The number of hydrogen-bond donors (Lipinski definition) is 2. The van der Waals surface area contributed by atoms with Crippen LogP contribution < -0.4 is 10.2 Å². The van der Waals surface area contributed by atoms with Crippen molar-refractivity contribution in [2.24, 2.45) is 0 Å². The molecular formula is C21H29N4O2+. The Labute approximate surface area is 160 Å². The number of carbonyl (C=O) groups is 1. The van der Waals surface area contributed by atoms with Gasteiger partial charge in [0.1, 0.15) is 17.6 Å². The van der Waals surface area contributed by atoms with Crippen LogP contribution in [0.5, 0.6) is 0 Å². The summed E-state index contributed by atoms with van der Waals surface area (Å²) in [7, 11) is 0. The van der Waals surface area contributed by atoms with Crippen LogP contribution in [0.2, 0.25) is 0 Å². The number of quaternary nitrogens is 1. The summed E-state index contributed by atoms with van der Waals surface area (Å²) in [6.45, 7) is 6.93. The molecule has 2 aromatic rings. The molecule has 0 radical (unpaired) electrons. The van der Waals surface area contributed by atoms with Crippen molar-refractivity contribution in [1.82, 2.24) is 4.57 Å². The summed E-state index contributed by atoms with van der Waals surface area (Å²) in [4.78, 5) is 14.1. The predicted molar refractivity (Wildman–Crippen MR) is 104 cm³/mol. The van der Waals surface area contributed by atoms with Crippen LogP contribution in [0.1, 0.15) is 54.7 Å². The first-order valence-electron chi connectivity index (χ1n) is 9.85. The lowest BCUT2D eigenvalue weighted by atomic mass is 10.1. The molecule has 1 amide bonds. The van der Waals surface area contributed by atoms with Crippen molar-refractivity contribution >= 4 is 11.7 Å². The molecule has 0 spiro atoms. The average molecular weight is 369 g/mol. The maximum atomic E-state index is 12.7. The fourth-order valence-electron chi connectivity index (χ4n) is 3.87. The first-order valence-corrected chi connectivity index (χ1v) is 9.85. The number of carbonyl (C=O) groups excluding carboxylic acids is 1. The number of aromatic nitrogens is 1. The molecule has 0 aromatic carbocycles. The Balaban J connectivity index is 1.77. The van der Waals surface area contributed by atoms with E-state index in [1.165, 1.54) is 37.0 Å². The number of nitriles is 1. The van der Waals surface area contributed by atoms with E-state index in [2.05, 4.69) is 11.4 Å². The lowest BCUT2D eigenvalue weighted by Crippen LogP contribution is -3.13. The Morgan fingerprint density at radius 3 is 2.59 bits per heavy atom. The smallest absolute Gasteiger partial charge is 0.280 e. The van der Waals surface area contributed by atoms with Gasteiger partial charge in [0.2, 0.25) is 0 Å². The van der Waals surface area contributed by atoms with E-state index in [4.69, 9.17) is 4.42 Å². The number of nitrogens with zero attached hydrogens (tertiary/aromatic N) is 2. The summed E-state index contributed by atoms with van der Waals surface area (Å²) in [6, 6.07) is 6.00. The van der Waals surface area contributed by atoms with Crippen molar-refractivity contribution in [3.63, 3.8) is 0 Å². The molecule has 2 N–H and O–H groups in total. The van der Waals surface area contributed by atoms with Gasteiger partial charge in [0, 0.05) is 5.69 Å². The molecule has 0 unspecified atom stereocenters. The third kappa shape index (κ3) is 4.61. The summed E-state index contributed by atoms with van der Waals surface area (Å²) >= 11 is 0. The standard InChI is InChI=1S/C21H28N4O2/c1-16-17(2)25(14-18-9-8-12-27-18)21(19(16)13-22)23-20(26)15-24-10-6-4-3-5-7-11-24/h8-9,12H,3-7,10-11,14-15H2,1-2H3,(H,23,26)/p+1. The van der Waals surface area contributed by atoms with Gasteiger partial charge >= 0.3 is 0 Å². The molecule has 0 bridgehead atoms. The largest absolute Gasteiger partial charge is 0.467 e. The molecule has 27 heavy (non-hydrogen) atoms. The minimum absolute atomic E-state index is 0.0275. The van der Waals surface area contributed by atoms with Crippen LogP contribution in [-0.4, -0.2) is 30.1 Å². The third-order valence-corrected chi connectivity index (χ3v) is 5.56. The van der Waals surface area contributed by atoms with E-state index < -0.39 is 0 Å². The maximum Gasteiger partial charge on any atom is 0.280 e. The molecule has 6 nitrogen and oxygen atoms in total. The van der Waals surface area contributed by atoms with Crippen molar-refractivity contribution in [3.8, 4) is 6.07 Å². The van der Waals surface area contributed by atoms with Crippen molar-refractivity contribution in [2.75, 3.05) is 25.0 Å². The van der Waals surface area contributed by atoms with Crippen LogP contribution in [0.3, 0.4) is 0 Å². The number of anilines is 1. The predicted octanol–water partition coefficient (Wildman–Crippen LogP) is 2.41. The Hall–Kier alpha value is -2.52. The lowest BCUT2D eigenvalue weighted by molar-refractivity contribution is -0.892. The average Bonchev–Trinajstić information content (AvgIpc) is 3.20. The molecule has 1 fully saturated rings. The van der Waals surface area contributed by atoms with Gasteiger partial charge in [-0.2, -0.15) is 5.26 Å². The van der Waals surface area contributed by atoms with Crippen molar-refractivity contribution < 1.29 is 14.1 Å². The van der Waals surface area contributed by atoms with Gasteiger partial charge in [-0.3, -0.25) is 4.79 Å². The Bertz CT molecular complexity index is 806. The molecular weight excluding hydrogens is 340 g/mol. The van der Waals surface area contributed by atoms with Gasteiger partial charge in [-0.05, 0) is 57.2 Å². The minimum Gasteiger partial charge on any atom is -0.467 e. The van der Waals surface area contributed by atoms with Gasteiger partial charge in [0.05, 0.1) is 31.5 Å². The molecule has 1 aliphatic heterocycles. The fraction of sp³-hybridized carbons (Fsp3) is 0.524. The monoisotopic (exact) mass is 369 g/mol. The van der Waals surface area contributed by atoms with Gasteiger partial charge < -0.3 is 19.2 Å². The van der Waals surface area contributed by atoms with Gasteiger partial charge in [-0.15, -0.1) is 0 Å². The number of nitrogens with one attached hydrogen (secondary N) is 2. The van der Waals surface area contributed by atoms with E-state index in [-0.39, 0.29) is 5.91 Å². The van der Waals surface area contributed by atoms with Crippen LogP contribution in [0, 0.1) is 25.2 Å². The number of amides is 1. The van der Waals surface area contributed by atoms with E-state index >= 15 is 0 Å². The molecule has 3 rings (SSSR count). The minimum atomic E-state index is -0.0275. The second-order valence-corrected chi connectivity index (χ2v) is 7.45. The molecule has 1 aliphatic rings. The normalized spacial score (nSPS) is 15.7. The van der Waals surface area contributed by atoms with Crippen molar-refractivity contribution in [2.45, 2.75) is 52.5 Å². The van der Waals surface area contributed by atoms with E-state index in [1.807, 2.05) is 30.5 Å². The number of likely N-dealkylation sites (tertiary alicyclic amines) is 1. The van der Waals surface area contributed by atoms with E-state index in [0.717, 1.165) is 30.1 Å². The van der Waals surface area contributed by atoms with Crippen LogP contribution in [0.15, 0.2) is 22.8 Å². The third-order valence-electron chi connectivity index (χ3n) is 5.56. The summed E-state index contributed by atoms with van der Waals surface area (Å²) in [5.74, 6) is 1.35. The highest BCUT2D eigenvalue weighted by Crippen LogP contribution is 2.27. The number of furan rings is 1. The highest BCUT2D eigenvalue weighted by atomic mass is 16.3. The molecule has 3 heterocycles. The van der Waals surface area contributed by atoms with Crippen LogP contribution in [0.25, 0.3) is 0 Å². The summed E-state index contributed by atoms with van der Waals surface area (Å²) < 4.78 is 7.43. The van der Waals surface area contributed by atoms with E-state index in [9.17, 15) is 10.1 Å². The van der Waals surface area contributed by atoms with Crippen LogP contribution in [0.4, 0.5) is 5.82 Å². The zero-order chi connectivity index (χ0) is 19.2. The highest BCUT2D eigenvalue weighted by molar-refractivity contribution is 5.92.